The van der Waals surface area contributed by atoms with Gasteiger partial charge in [-0.3, -0.25) is 0 Å². The zero-order valence-electron chi connectivity index (χ0n) is 16.5. The number of methoxy groups -OCH3 is 1. The van der Waals surface area contributed by atoms with Gasteiger partial charge in [-0.15, -0.1) is 0 Å². The molecular formula is C25H20N2O3. The fourth-order valence-electron chi connectivity index (χ4n) is 3.75. The highest BCUT2D eigenvalue weighted by atomic mass is 16.5. The topological polar surface area (TPSA) is 51.7 Å². The number of carbonyl (C=O) groups is 1. The number of para-hydroxylation sites is 1. The first-order valence-electron chi connectivity index (χ1n) is 9.84. The quantitative estimate of drug-likeness (QED) is 0.352. The lowest BCUT2D eigenvalue weighted by molar-refractivity contribution is 0.0735. The van der Waals surface area contributed by atoms with Crippen LogP contribution in [-0.2, 0) is 6.42 Å². The number of aromatic nitrogens is 1. The van der Waals surface area contributed by atoms with E-state index in [2.05, 4.69) is 11.0 Å². The number of fused-ring (bicyclic) bond motifs is 2. The Labute approximate surface area is 174 Å². The molecule has 148 valence electrons. The Balaban J connectivity index is 1.41. The number of nitrogens with zero attached hydrogens (tertiary/aromatic N) is 2. The van der Waals surface area contributed by atoms with E-state index in [9.17, 15) is 4.79 Å². The lowest BCUT2D eigenvalue weighted by atomic mass is 10.1. The summed E-state index contributed by atoms with van der Waals surface area (Å²) >= 11 is 0. The van der Waals surface area contributed by atoms with Gasteiger partial charge in [0.05, 0.1) is 18.2 Å². The summed E-state index contributed by atoms with van der Waals surface area (Å²) in [4.78, 5) is 19.5. The van der Waals surface area contributed by atoms with Crippen molar-refractivity contribution >= 4 is 28.4 Å². The molecule has 0 atom stereocenters. The minimum absolute atomic E-state index is 0.370. The van der Waals surface area contributed by atoms with Gasteiger partial charge in [0, 0.05) is 23.7 Å². The number of hydrogen-bond acceptors (Lipinski definition) is 5. The predicted octanol–water partition coefficient (Wildman–Crippen LogP) is 5.16. The maximum atomic E-state index is 12.4. The molecule has 5 rings (SSSR count). The van der Waals surface area contributed by atoms with Gasteiger partial charge in [-0.2, -0.15) is 0 Å². The molecule has 30 heavy (non-hydrogen) atoms. The average molecular weight is 396 g/mol. The monoisotopic (exact) mass is 396 g/mol. The molecule has 5 nitrogen and oxygen atoms in total. The van der Waals surface area contributed by atoms with E-state index in [1.165, 1.54) is 5.56 Å². The van der Waals surface area contributed by atoms with E-state index >= 15 is 0 Å². The van der Waals surface area contributed by atoms with Crippen LogP contribution in [0.3, 0.4) is 0 Å². The molecule has 1 aliphatic rings. The van der Waals surface area contributed by atoms with Crippen LogP contribution >= 0.6 is 0 Å². The number of carbonyl (C=O) groups excluding carboxylic acids is 1. The number of esters is 1. The second kappa shape index (κ2) is 7.52. The van der Waals surface area contributed by atoms with Crippen LogP contribution in [0.1, 0.15) is 15.9 Å². The second-order valence-corrected chi connectivity index (χ2v) is 7.18. The van der Waals surface area contributed by atoms with E-state index in [1.807, 2.05) is 48.5 Å². The SMILES string of the molecule is COc1ccc2cc3c(nc2c1)N(c1ccc(C(=O)Oc2ccccc2)cc1)CC3. The molecule has 5 heteroatoms. The maximum absolute atomic E-state index is 12.4. The third-order valence-electron chi connectivity index (χ3n) is 5.31. The molecule has 4 aromatic rings. The third kappa shape index (κ3) is 3.35. The summed E-state index contributed by atoms with van der Waals surface area (Å²) in [5.41, 5.74) is 3.64. The molecule has 0 fully saturated rings. The number of hydrogen-bond donors (Lipinski definition) is 0. The molecule has 0 bridgehead atoms. The van der Waals surface area contributed by atoms with Crippen LogP contribution in [-0.4, -0.2) is 24.6 Å². The summed E-state index contributed by atoms with van der Waals surface area (Å²) < 4.78 is 10.7. The highest BCUT2D eigenvalue weighted by Gasteiger charge is 2.23. The van der Waals surface area contributed by atoms with Crippen molar-refractivity contribution in [1.29, 1.82) is 0 Å². The molecule has 0 radical (unpaired) electrons. The first-order valence-corrected chi connectivity index (χ1v) is 9.84. The van der Waals surface area contributed by atoms with Gasteiger partial charge in [-0.25, -0.2) is 9.78 Å². The Morgan fingerprint density at radius 2 is 1.73 bits per heavy atom. The fraction of sp³-hybridized carbons (Fsp3) is 0.120. The van der Waals surface area contributed by atoms with E-state index in [4.69, 9.17) is 14.5 Å². The van der Waals surface area contributed by atoms with Gasteiger partial charge in [-0.1, -0.05) is 18.2 Å². The van der Waals surface area contributed by atoms with Crippen molar-refractivity contribution in [3.05, 3.63) is 90.0 Å². The zero-order chi connectivity index (χ0) is 20.5. The normalized spacial score (nSPS) is 12.6. The van der Waals surface area contributed by atoms with Gasteiger partial charge in [0.2, 0.25) is 0 Å². The smallest absolute Gasteiger partial charge is 0.343 e. The maximum Gasteiger partial charge on any atom is 0.343 e. The van der Waals surface area contributed by atoms with Crippen LogP contribution in [0.4, 0.5) is 11.5 Å². The Morgan fingerprint density at radius 1 is 0.933 bits per heavy atom. The van der Waals surface area contributed by atoms with Crippen molar-refractivity contribution in [2.24, 2.45) is 0 Å². The minimum Gasteiger partial charge on any atom is -0.497 e. The van der Waals surface area contributed by atoms with E-state index in [0.717, 1.165) is 41.1 Å². The fourth-order valence-corrected chi connectivity index (χ4v) is 3.75. The lowest BCUT2D eigenvalue weighted by Gasteiger charge is -2.19. The summed E-state index contributed by atoms with van der Waals surface area (Å²) in [6.45, 7) is 0.851. The van der Waals surface area contributed by atoms with E-state index in [0.29, 0.717) is 11.3 Å². The number of ether oxygens (including phenoxy) is 2. The third-order valence-corrected chi connectivity index (χ3v) is 5.31. The Kier molecular flexibility index (Phi) is 4.56. The molecule has 0 spiro atoms. The second-order valence-electron chi connectivity index (χ2n) is 7.18. The van der Waals surface area contributed by atoms with Crippen LogP contribution in [0.25, 0.3) is 10.9 Å². The average Bonchev–Trinajstić information content (AvgIpc) is 3.20. The molecule has 3 aromatic carbocycles. The number of benzene rings is 3. The van der Waals surface area contributed by atoms with Gasteiger partial charge in [0.15, 0.2) is 0 Å². The van der Waals surface area contributed by atoms with Crippen molar-refractivity contribution in [2.75, 3.05) is 18.6 Å². The van der Waals surface area contributed by atoms with Gasteiger partial charge in [-0.05, 0) is 66.6 Å². The molecule has 0 saturated carbocycles. The molecule has 0 unspecified atom stereocenters. The van der Waals surface area contributed by atoms with E-state index in [1.54, 1.807) is 31.4 Å². The Morgan fingerprint density at radius 3 is 2.50 bits per heavy atom. The molecule has 0 N–H and O–H groups in total. The predicted molar refractivity (Wildman–Crippen MR) is 117 cm³/mol. The molecule has 0 amide bonds. The van der Waals surface area contributed by atoms with Gasteiger partial charge < -0.3 is 14.4 Å². The van der Waals surface area contributed by atoms with Crippen molar-refractivity contribution < 1.29 is 14.3 Å². The molecule has 1 aromatic heterocycles. The van der Waals surface area contributed by atoms with Gasteiger partial charge >= 0.3 is 5.97 Å². The van der Waals surface area contributed by atoms with Crippen molar-refractivity contribution in [3.63, 3.8) is 0 Å². The highest BCUT2D eigenvalue weighted by Crippen LogP contribution is 2.35. The Bertz CT molecular complexity index is 1220. The minimum atomic E-state index is -0.370. The van der Waals surface area contributed by atoms with Crippen LogP contribution < -0.4 is 14.4 Å². The van der Waals surface area contributed by atoms with Crippen LogP contribution in [0.2, 0.25) is 0 Å². The van der Waals surface area contributed by atoms with E-state index < -0.39 is 0 Å². The molecule has 1 aliphatic heterocycles. The molecular weight excluding hydrogens is 376 g/mol. The molecule has 2 heterocycles. The van der Waals surface area contributed by atoms with Gasteiger partial charge in [0.25, 0.3) is 0 Å². The van der Waals surface area contributed by atoms with Crippen molar-refractivity contribution in [2.45, 2.75) is 6.42 Å². The van der Waals surface area contributed by atoms with Gasteiger partial charge in [0.1, 0.15) is 17.3 Å². The van der Waals surface area contributed by atoms with Crippen LogP contribution in [0, 0.1) is 0 Å². The van der Waals surface area contributed by atoms with E-state index in [-0.39, 0.29) is 5.97 Å². The summed E-state index contributed by atoms with van der Waals surface area (Å²) in [7, 11) is 1.66. The number of rotatable bonds is 4. The molecule has 0 saturated heterocycles. The number of pyridine rings is 1. The largest absolute Gasteiger partial charge is 0.497 e. The summed E-state index contributed by atoms with van der Waals surface area (Å²) in [5.74, 6) is 1.91. The van der Waals surface area contributed by atoms with Crippen LogP contribution in [0.5, 0.6) is 11.5 Å². The first kappa shape index (κ1) is 18.2. The Hall–Kier alpha value is -3.86. The molecule has 0 aliphatic carbocycles. The standard InChI is InChI=1S/C25H20N2O3/c1-29-22-12-9-18-15-19-13-14-27(24(19)26-23(18)16-22)20-10-7-17(8-11-20)25(28)30-21-5-3-2-4-6-21/h2-12,15-16H,13-14H2,1H3. The summed E-state index contributed by atoms with van der Waals surface area (Å²) in [6, 6.07) is 24.7. The number of anilines is 2. The van der Waals surface area contributed by atoms with Crippen molar-refractivity contribution in [3.8, 4) is 11.5 Å². The first-order chi connectivity index (χ1) is 14.7. The summed E-state index contributed by atoms with van der Waals surface area (Å²) in [5, 5.41) is 1.11. The lowest BCUT2D eigenvalue weighted by Crippen LogP contribution is -2.15. The summed E-state index contributed by atoms with van der Waals surface area (Å²) in [6.07, 6.45) is 0.933. The van der Waals surface area contributed by atoms with Crippen molar-refractivity contribution in [1.82, 2.24) is 4.98 Å². The zero-order valence-corrected chi connectivity index (χ0v) is 16.5. The van der Waals surface area contributed by atoms with Crippen LogP contribution in [0.15, 0.2) is 78.9 Å². The highest BCUT2D eigenvalue weighted by molar-refractivity contribution is 5.92.